The molecule has 0 aliphatic carbocycles. The van der Waals surface area contributed by atoms with Gasteiger partial charge >= 0.3 is 0 Å². The highest BCUT2D eigenvalue weighted by atomic mass is 16.5. The lowest BCUT2D eigenvalue weighted by Gasteiger charge is -2.41. The van der Waals surface area contributed by atoms with Crippen molar-refractivity contribution in [2.45, 2.75) is 64.4 Å². The highest BCUT2D eigenvalue weighted by Crippen LogP contribution is 2.33. The molecule has 3 amide bonds. The number of anilines is 1. The molecule has 2 saturated heterocycles. The van der Waals surface area contributed by atoms with Crippen LogP contribution in [0.4, 0.5) is 5.69 Å². The third kappa shape index (κ3) is 4.02. The standard InChI is InChI=1S/C24H29N3O4/c1-4-14(2)22(28)26-21-15(3)31-20-13-12-19(27(20)24(21)30)23(29)25-18-11-7-9-16-8-5-6-10-17(16)18/h5-11,14-15,19-21H,4,12-13H2,1-3H3,(H,25,29)(H,26,28)/t14-,15?,19?,20+,21+/m1/s1. The van der Waals surface area contributed by atoms with Crippen LogP contribution in [0.15, 0.2) is 42.5 Å². The third-order valence-electron chi connectivity index (χ3n) is 6.40. The van der Waals surface area contributed by atoms with Gasteiger partial charge in [0.2, 0.25) is 11.8 Å². The van der Waals surface area contributed by atoms with Crippen molar-refractivity contribution in [1.29, 1.82) is 0 Å². The van der Waals surface area contributed by atoms with Gasteiger partial charge in [-0.05, 0) is 37.6 Å². The fourth-order valence-electron chi connectivity index (χ4n) is 4.36. The molecular weight excluding hydrogens is 394 g/mol. The van der Waals surface area contributed by atoms with Crippen molar-refractivity contribution in [1.82, 2.24) is 10.2 Å². The average Bonchev–Trinajstić information content (AvgIpc) is 3.20. The van der Waals surface area contributed by atoms with Crippen molar-refractivity contribution in [2.75, 3.05) is 5.32 Å². The van der Waals surface area contributed by atoms with Crippen LogP contribution in [0.1, 0.15) is 40.0 Å². The Labute approximate surface area is 182 Å². The molecule has 7 nitrogen and oxygen atoms in total. The maximum atomic E-state index is 13.3. The van der Waals surface area contributed by atoms with Gasteiger partial charge < -0.3 is 20.3 Å². The highest BCUT2D eigenvalue weighted by molar-refractivity contribution is 6.05. The molecule has 2 aromatic rings. The largest absolute Gasteiger partial charge is 0.353 e. The van der Waals surface area contributed by atoms with E-state index >= 15 is 0 Å². The van der Waals surface area contributed by atoms with Gasteiger partial charge in [-0.25, -0.2) is 0 Å². The minimum absolute atomic E-state index is 0.175. The summed E-state index contributed by atoms with van der Waals surface area (Å²) in [5.74, 6) is -0.860. The first-order valence-corrected chi connectivity index (χ1v) is 11.0. The number of hydrogen-bond acceptors (Lipinski definition) is 4. The normalized spacial score (nSPS) is 26.4. The Morgan fingerprint density at radius 1 is 1.16 bits per heavy atom. The monoisotopic (exact) mass is 423 g/mol. The number of amides is 3. The zero-order valence-electron chi connectivity index (χ0n) is 18.1. The number of fused-ring (bicyclic) bond motifs is 2. The summed E-state index contributed by atoms with van der Waals surface area (Å²) in [5, 5.41) is 7.80. The van der Waals surface area contributed by atoms with Crippen LogP contribution in [0.2, 0.25) is 0 Å². The van der Waals surface area contributed by atoms with Crippen LogP contribution < -0.4 is 10.6 Å². The zero-order valence-corrected chi connectivity index (χ0v) is 18.1. The quantitative estimate of drug-likeness (QED) is 0.774. The second kappa shape index (κ2) is 8.67. The van der Waals surface area contributed by atoms with Gasteiger partial charge in [-0.3, -0.25) is 14.4 Å². The summed E-state index contributed by atoms with van der Waals surface area (Å²) >= 11 is 0. The van der Waals surface area contributed by atoms with E-state index in [0.717, 1.165) is 10.8 Å². The van der Waals surface area contributed by atoms with Gasteiger partial charge in [0.1, 0.15) is 18.3 Å². The van der Waals surface area contributed by atoms with Crippen LogP contribution in [0, 0.1) is 5.92 Å². The maximum absolute atomic E-state index is 13.3. The second-order valence-corrected chi connectivity index (χ2v) is 8.45. The fraction of sp³-hybridized carbons (Fsp3) is 0.458. The molecule has 164 valence electrons. The molecule has 0 bridgehead atoms. The summed E-state index contributed by atoms with van der Waals surface area (Å²) < 4.78 is 6.02. The van der Waals surface area contributed by atoms with Crippen molar-refractivity contribution >= 4 is 34.2 Å². The molecule has 2 aromatic carbocycles. The molecule has 2 aliphatic heterocycles. The van der Waals surface area contributed by atoms with E-state index in [1.165, 1.54) is 4.90 Å². The molecule has 5 atom stereocenters. The number of carbonyl (C=O) groups excluding carboxylic acids is 3. The van der Waals surface area contributed by atoms with Gasteiger partial charge in [-0.1, -0.05) is 50.2 Å². The van der Waals surface area contributed by atoms with E-state index in [-0.39, 0.29) is 23.6 Å². The summed E-state index contributed by atoms with van der Waals surface area (Å²) in [6.45, 7) is 5.55. The molecule has 7 heteroatoms. The molecule has 2 aliphatic rings. The van der Waals surface area contributed by atoms with Crippen LogP contribution in [0.3, 0.4) is 0 Å². The van der Waals surface area contributed by atoms with Gasteiger partial charge in [-0.15, -0.1) is 0 Å². The van der Waals surface area contributed by atoms with E-state index in [1.807, 2.05) is 56.3 Å². The van der Waals surface area contributed by atoms with Gasteiger partial charge in [0.05, 0.1) is 6.10 Å². The molecule has 0 spiro atoms. The van der Waals surface area contributed by atoms with Crippen molar-refractivity contribution < 1.29 is 19.1 Å². The number of nitrogens with zero attached hydrogens (tertiary/aromatic N) is 1. The number of nitrogens with one attached hydrogen (secondary N) is 2. The lowest BCUT2D eigenvalue weighted by molar-refractivity contribution is -0.178. The number of benzene rings is 2. The molecule has 2 fully saturated rings. The number of ether oxygens (including phenoxy) is 1. The lowest BCUT2D eigenvalue weighted by atomic mass is 10.0. The molecule has 0 aromatic heterocycles. The first kappa shape index (κ1) is 21.3. The summed E-state index contributed by atoms with van der Waals surface area (Å²) in [5.41, 5.74) is 0.715. The van der Waals surface area contributed by atoms with Crippen molar-refractivity contribution in [2.24, 2.45) is 5.92 Å². The first-order valence-electron chi connectivity index (χ1n) is 11.0. The Bertz CT molecular complexity index is 1000. The van der Waals surface area contributed by atoms with Crippen LogP contribution in [0.5, 0.6) is 0 Å². The third-order valence-corrected chi connectivity index (χ3v) is 6.40. The summed E-state index contributed by atoms with van der Waals surface area (Å²) in [7, 11) is 0. The SMILES string of the molecule is CC[C@@H](C)C(=O)N[C@@H]1C(=O)N2C(C(=O)Nc3cccc4ccccc34)CC[C@@H]2OC1C. The molecule has 0 radical (unpaired) electrons. The van der Waals surface area contributed by atoms with Crippen LogP contribution in [-0.4, -0.2) is 47.0 Å². The van der Waals surface area contributed by atoms with Crippen LogP contribution in [-0.2, 0) is 19.1 Å². The Morgan fingerprint density at radius 2 is 1.90 bits per heavy atom. The molecular formula is C24H29N3O4. The Balaban J connectivity index is 1.52. The zero-order chi connectivity index (χ0) is 22.1. The minimum atomic E-state index is -0.788. The molecule has 2 unspecified atom stereocenters. The summed E-state index contributed by atoms with van der Waals surface area (Å²) in [6, 6.07) is 12.2. The van der Waals surface area contributed by atoms with E-state index in [0.29, 0.717) is 24.9 Å². The highest BCUT2D eigenvalue weighted by Gasteiger charge is 2.50. The van der Waals surface area contributed by atoms with Crippen molar-refractivity contribution in [3.05, 3.63) is 42.5 Å². The average molecular weight is 424 g/mol. The number of carbonyl (C=O) groups is 3. The topological polar surface area (TPSA) is 87.7 Å². The maximum Gasteiger partial charge on any atom is 0.250 e. The van der Waals surface area contributed by atoms with Gasteiger partial charge in [0.25, 0.3) is 5.91 Å². The Hall–Kier alpha value is -2.93. The van der Waals surface area contributed by atoms with Crippen LogP contribution >= 0.6 is 0 Å². The smallest absolute Gasteiger partial charge is 0.250 e. The first-order chi connectivity index (χ1) is 14.9. The Morgan fingerprint density at radius 3 is 2.68 bits per heavy atom. The number of rotatable bonds is 5. The summed E-state index contributed by atoms with van der Waals surface area (Å²) in [6.07, 6.45) is 0.912. The molecule has 0 saturated carbocycles. The second-order valence-electron chi connectivity index (χ2n) is 8.45. The lowest BCUT2D eigenvalue weighted by Crippen LogP contribution is -2.64. The van der Waals surface area contributed by atoms with Crippen molar-refractivity contribution in [3.8, 4) is 0 Å². The van der Waals surface area contributed by atoms with E-state index in [2.05, 4.69) is 10.6 Å². The molecule has 31 heavy (non-hydrogen) atoms. The molecule has 2 N–H and O–H groups in total. The van der Waals surface area contributed by atoms with Crippen LogP contribution in [0.25, 0.3) is 10.8 Å². The van der Waals surface area contributed by atoms with E-state index < -0.39 is 24.4 Å². The van der Waals surface area contributed by atoms with Gasteiger partial charge in [0, 0.05) is 17.0 Å². The van der Waals surface area contributed by atoms with E-state index in [9.17, 15) is 14.4 Å². The summed E-state index contributed by atoms with van der Waals surface area (Å²) in [4.78, 5) is 40.4. The van der Waals surface area contributed by atoms with E-state index in [4.69, 9.17) is 4.74 Å². The molecule has 4 rings (SSSR count). The number of hydrogen-bond donors (Lipinski definition) is 2. The fourth-order valence-corrected chi connectivity index (χ4v) is 4.36. The molecule has 2 heterocycles. The predicted molar refractivity (Wildman–Crippen MR) is 118 cm³/mol. The minimum Gasteiger partial charge on any atom is -0.353 e. The van der Waals surface area contributed by atoms with Gasteiger partial charge in [0.15, 0.2) is 0 Å². The predicted octanol–water partition coefficient (Wildman–Crippen LogP) is 3.05. The van der Waals surface area contributed by atoms with E-state index in [1.54, 1.807) is 6.92 Å². The van der Waals surface area contributed by atoms with Crippen molar-refractivity contribution in [3.63, 3.8) is 0 Å². The van der Waals surface area contributed by atoms with Gasteiger partial charge in [-0.2, -0.15) is 0 Å². The Kier molecular flexibility index (Phi) is 5.96.